The van der Waals surface area contributed by atoms with Crippen LogP contribution in [0.5, 0.6) is 0 Å². The molecule has 10 heteroatoms. The Bertz CT molecular complexity index is 1530. The Morgan fingerprint density at radius 1 is 1.08 bits per heavy atom. The predicted octanol–water partition coefficient (Wildman–Crippen LogP) is 4.16. The third kappa shape index (κ3) is 4.45. The fraction of sp³-hybridized carbons (Fsp3) is 0.448. The average Bonchev–Trinajstić information content (AvgIpc) is 3.18. The molecule has 0 aliphatic heterocycles. The molecule has 5 N–H and O–H groups in total. The summed E-state index contributed by atoms with van der Waals surface area (Å²) in [5, 5.41) is 39.2. The number of aliphatic hydroxyl groups excluding tert-OH is 2. The number of nitrogens with zero attached hydrogens (tertiary/aromatic N) is 4. The lowest BCUT2D eigenvalue weighted by Gasteiger charge is -2.25. The number of fused-ring (bicyclic) bond motifs is 2. The maximum atomic E-state index is 10.9. The first-order chi connectivity index (χ1) is 18.7. The molecule has 4 aromatic rings. The van der Waals surface area contributed by atoms with Gasteiger partial charge < -0.3 is 26.0 Å². The van der Waals surface area contributed by atoms with Crippen molar-refractivity contribution in [1.82, 2.24) is 19.9 Å². The SMILES string of the molecule is CCCc1nccc2sc(-c3c(C)nc(NC(C)c4ccc(C)cc4)nc3NC3CC4C(O)C4(O)C3O)nc12. The first-order valence-electron chi connectivity index (χ1n) is 13.5. The van der Waals surface area contributed by atoms with Crippen molar-refractivity contribution in [3.63, 3.8) is 0 Å². The van der Waals surface area contributed by atoms with Gasteiger partial charge in [-0.3, -0.25) is 4.98 Å². The van der Waals surface area contributed by atoms with E-state index in [0.29, 0.717) is 18.2 Å². The number of nitrogens with one attached hydrogen (secondary N) is 2. The molecular formula is C29H34N6O3S. The molecule has 3 aromatic heterocycles. The second-order valence-corrected chi connectivity index (χ2v) is 11.9. The van der Waals surface area contributed by atoms with E-state index in [4.69, 9.17) is 15.0 Å². The quantitative estimate of drug-likeness (QED) is 0.221. The lowest BCUT2D eigenvalue weighted by molar-refractivity contribution is -0.0262. The average molecular weight is 547 g/mol. The number of thiazole rings is 1. The van der Waals surface area contributed by atoms with Crippen molar-refractivity contribution in [3.8, 4) is 10.6 Å². The van der Waals surface area contributed by atoms with Gasteiger partial charge in [0.25, 0.3) is 0 Å². The van der Waals surface area contributed by atoms with Crippen LogP contribution in [0.2, 0.25) is 0 Å². The largest absolute Gasteiger partial charge is 0.390 e. The van der Waals surface area contributed by atoms with E-state index in [9.17, 15) is 15.3 Å². The molecule has 6 rings (SSSR count). The highest BCUT2D eigenvalue weighted by molar-refractivity contribution is 7.21. The molecule has 0 saturated heterocycles. The molecule has 2 saturated carbocycles. The highest BCUT2D eigenvalue weighted by Gasteiger charge is 2.74. The van der Waals surface area contributed by atoms with Gasteiger partial charge >= 0.3 is 0 Å². The van der Waals surface area contributed by atoms with Gasteiger partial charge in [-0.2, -0.15) is 4.98 Å². The van der Waals surface area contributed by atoms with Gasteiger partial charge in [0.05, 0.1) is 39.8 Å². The van der Waals surface area contributed by atoms with E-state index in [1.807, 2.05) is 19.2 Å². The van der Waals surface area contributed by atoms with Crippen molar-refractivity contribution in [2.24, 2.45) is 5.92 Å². The zero-order chi connectivity index (χ0) is 27.5. The summed E-state index contributed by atoms with van der Waals surface area (Å²) < 4.78 is 1.04. The summed E-state index contributed by atoms with van der Waals surface area (Å²) in [6.45, 7) is 8.18. The van der Waals surface area contributed by atoms with Crippen LogP contribution in [0, 0.1) is 19.8 Å². The summed E-state index contributed by atoms with van der Waals surface area (Å²) in [4.78, 5) is 19.2. The Hall–Kier alpha value is -3.18. The van der Waals surface area contributed by atoms with Gasteiger partial charge in [0.2, 0.25) is 5.95 Å². The highest BCUT2D eigenvalue weighted by Crippen LogP contribution is 2.56. The fourth-order valence-electron chi connectivity index (χ4n) is 5.76. The van der Waals surface area contributed by atoms with Crippen LogP contribution in [-0.4, -0.2) is 59.1 Å². The van der Waals surface area contributed by atoms with E-state index in [0.717, 1.165) is 50.6 Å². The number of hydrogen-bond donors (Lipinski definition) is 5. The number of hydrogen-bond acceptors (Lipinski definition) is 10. The van der Waals surface area contributed by atoms with Gasteiger partial charge in [0.1, 0.15) is 28.0 Å². The minimum absolute atomic E-state index is 0.0330. The Kier molecular flexibility index (Phi) is 6.53. The molecule has 0 bridgehead atoms. The second kappa shape index (κ2) is 9.78. The molecule has 2 aliphatic carbocycles. The maximum absolute atomic E-state index is 10.9. The molecular weight excluding hydrogens is 512 g/mol. The van der Waals surface area contributed by atoms with Crippen molar-refractivity contribution in [3.05, 3.63) is 59.0 Å². The molecule has 6 unspecified atom stereocenters. The number of aromatic nitrogens is 4. The fourth-order valence-corrected chi connectivity index (χ4v) is 6.84. The van der Waals surface area contributed by atoms with Gasteiger partial charge in [-0.1, -0.05) is 43.2 Å². The third-order valence-corrected chi connectivity index (χ3v) is 9.16. The van der Waals surface area contributed by atoms with Crippen LogP contribution in [-0.2, 0) is 6.42 Å². The first kappa shape index (κ1) is 26.1. The smallest absolute Gasteiger partial charge is 0.225 e. The van der Waals surface area contributed by atoms with Gasteiger partial charge in [-0.15, -0.1) is 11.3 Å². The monoisotopic (exact) mass is 546 g/mol. The van der Waals surface area contributed by atoms with Crippen molar-refractivity contribution in [2.45, 2.75) is 76.9 Å². The Morgan fingerprint density at radius 2 is 1.85 bits per heavy atom. The Balaban J connectivity index is 1.39. The molecule has 3 heterocycles. The van der Waals surface area contributed by atoms with E-state index < -0.39 is 23.9 Å². The molecule has 2 aliphatic rings. The molecule has 2 fully saturated rings. The van der Waals surface area contributed by atoms with E-state index in [2.05, 4.69) is 60.7 Å². The van der Waals surface area contributed by atoms with Crippen LogP contribution in [0.4, 0.5) is 11.8 Å². The zero-order valence-corrected chi connectivity index (χ0v) is 23.3. The summed E-state index contributed by atoms with van der Waals surface area (Å²) in [5.41, 5.74) is 4.21. The highest BCUT2D eigenvalue weighted by atomic mass is 32.1. The number of aliphatic hydroxyl groups is 3. The lowest BCUT2D eigenvalue weighted by Crippen LogP contribution is -2.42. The molecule has 6 atom stereocenters. The number of anilines is 2. The van der Waals surface area contributed by atoms with Crippen molar-refractivity contribution >= 4 is 33.3 Å². The van der Waals surface area contributed by atoms with Crippen LogP contribution < -0.4 is 10.6 Å². The molecule has 0 amide bonds. The summed E-state index contributed by atoms with van der Waals surface area (Å²) in [7, 11) is 0. The minimum atomic E-state index is -1.46. The van der Waals surface area contributed by atoms with Crippen molar-refractivity contribution in [2.75, 3.05) is 10.6 Å². The first-order valence-corrected chi connectivity index (χ1v) is 14.3. The predicted molar refractivity (Wildman–Crippen MR) is 153 cm³/mol. The molecule has 0 spiro atoms. The third-order valence-electron chi connectivity index (χ3n) is 8.12. The number of rotatable bonds is 8. The van der Waals surface area contributed by atoms with Crippen molar-refractivity contribution < 1.29 is 15.3 Å². The Labute approximate surface area is 231 Å². The molecule has 39 heavy (non-hydrogen) atoms. The van der Waals surface area contributed by atoms with Crippen LogP contribution in [0.15, 0.2) is 36.5 Å². The van der Waals surface area contributed by atoms with E-state index in [-0.39, 0.29) is 12.0 Å². The van der Waals surface area contributed by atoms with Gasteiger partial charge in [0.15, 0.2) is 0 Å². The van der Waals surface area contributed by atoms with Gasteiger partial charge in [-0.05, 0) is 45.2 Å². The minimum Gasteiger partial charge on any atom is -0.390 e. The number of pyridine rings is 1. The molecule has 1 aromatic carbocycles. The van der Waals surface area contributed by atoms with Crippen LogP contribution in [0.25, 0.3) is 20.8 Å². The van der Waals surface area contributed by atoms with Crippen LogP contribution >= 0.6 is 11.3 Å². The lowest BCUT2D eigenvalue weighted by atomic mass is 10.1. The van der Waals surface area contributed by atoms with Gasteiger partial charge in [-0.25, -0.2) is 9.97 Å². The van der Waals surface area contributed by atoms with E-state index in [1.165, 1.54) is 5.56 Å². The second-order valence-electron chi connectivity index (χ2n) is 10.9. The summed E-state index contributed by atoms with van der Waals surface area (Å²) in [6, 6.07) is 9.81. The Morgan fingerprint density at radius 3 is 2.54 bits per heavy atom. The standard InChI is InChI=1S/C29H34N6O3S/c1-5-6-19-23-21(11-12-30-19)39-27(34-23)22-16(4)32-28(31-15(3)17-9-7-14(2)8-10-17)35-26(22)33-20-13-18-24(36)29(18,38)25(20)37/h7-12,15,18,20,24-25,36-38H,5-6,13H2,1-4H3,(H2,31,32,33,35). The zero-order valence-electron chi connectivity index (χ0n) is 22.5. The molecule has 9 nitrogen and oxygen atoms in total. The maximum Gasteiger partial charge on any atom is 0.225 e. The topological polar surface area (TPSA) is 136 Å². The number of aryl methyl sites for hydroxylation is 3. The van der Waals surface area contributed by atoms with E-state index >= 15 is 0 Å². The van der Waals surface area contributed by atoms with Crippen molar-refractivity contribution in [1.29, 1.82) is 0 Å². The molecule has 204 valence electrons. The number of benzene rings is 1. The summed E-state index contributed by atoms with van der Waals surface area (Å²) in [6.07, 6.45) is 2.08. The van der Waals surface area contributed by atoms with Crippen LogP contribution in [0.1, 0.15) is 55.2 Å². The summed E-state index contributed by atoms with van der Waals surface area (Å²) in [5.74, 6) is 0.645. The van der Waals surface area contributed by atoms with Crippen LogP contribution in [0.3, 0.4) is 0 Å². The van der Waals surface area contributed by atoms with E-state index in [1.54, 1.807) is 11.3 Å². The van der Waals surface area contributed by atoms with Gasteiger partial charge in [0, 0.05) is 12.1 Å². The summed E-state index contributed by atoms with van der Waals surface area (Å²) >= 11 is 1.56. The molecule has 0 radical (unpaired) electrons. The normalized spacial score (nSPS) is 26.4.